The van der Waals surface area contributed by atoms with Crippen LogP contribution in [0.15, 0.2) is 23.4 Å². The molecular weight excluding hydrogens is 162 g/mol. The van der Waals surface area contributed by atoms with Crippen LogP contribution in [0.1, 0.15) is 27.7 Å². The maximum Gasteiger partial charge on any atom is 0.149 e. The minimum atomic E-state index is 0.0473. The fourth-order valence-electron chi connectivity index (χ4n) is 1.35. The third-order valence-electron chi connectivity index (χ3n) is 2.29. The van der Waals surface area contributed by atoms with Crippen LogP contribution in [-0.4, -0.2) is 13.3 Å². The first-order valence-electron chi connectivity index (χ1n) is 4.63. The van der Waals surface area contributed by atoms with E-state index in [-0.39, 0.29) is 11.6 Å². The normalized spacial score (nSPS) is 23.3. The SMILES string of the molecule is COC1NC=C(C(C)(C)C)C=C1C. The molecule has 1 rings (SSSR count). The molecule has 1 atom stereocenters. The molecule has 0 amide bonds. The van der Waals surface area contributed by atoms with Crippen LogP contribution in [0, 0.1) is 5.41 Å². The number of rotatable bonds is 1. The van der Waals surface area contributed by atoms with Gasteiger partial charge in [0.05, 0.1) is 0 Å². The quantitative estimate of drug-likeness (QED) is 0.671. The number of allylic oxidation sites excluding steroid dienone is 2. The molecule has 13 heavy (non-hydrogen) atoms. The van der Waals surface area contributed by atoms with Gasteiger partial charge >= 0.3 is 0 Å². The Balaban J connectivity index is 2.81. The van der Waals surface area contributed by atoms with Crippen molar-refractivity contribution in [3.8, 4) is 0 Å². The van der Waals surface area contributed by atoms with Gasteiger partial charge < -0.3 is 10.1 Å². The Hall–Kier alpha value is -0.760. The third kappa shape index (κ3) is 2.34. The first-order valence-corrected chi connectivity index (χ1v) is 4.63. The minimum Gasteiger partial charge on any atom is -0.362 e. The van der Waals surface area contributed by atoms with Crippen LogP contribution in [0.5, 0.6) is 0 Å². The monoisotopic (exact) mass is 181 g/mol. The molecule has 0 aromatic rings. The second kappa shape index (κ2) is 3.54. The zero-order chi connectivity index (χ0) is 10.1. The van der Waals surface area contributed by atoms with Crippen LogP contribution in [-0.2, 0) is 4.74 Å². The summed E-state index contributed by atoms with van der Waals surface area (Å²) >= 11 is 0. The number of hydrogen-bond donors (Lipinski definition) is 1. The highest BCUT2D eigenvalue weighted by Gasteiger charge is 2.20. The van der Waals surface area contributed by atoms with E-state index in [0.29, 0.717) is 0 Å². The van der Waals surface area contributed by atoms with Gasteiger partial charge in [-0.2, -0.15) is 0 Å². The van der Waals surface area contributed by atoms with Crippen molar-refractivity contribution in [2.24, 2.45) is 5.41 Å². The Morgan fingerprint density at radius 1 is 1.38 bits per heavy atom. The van der Waals surface area contributed by atoms with E-state index in [1.807, 2.05) is 6.20 Å². The van der Waals surface area contributed by atoms with Gasteiger partial charge in [-0.15, -0.1) is 0 Å². The van der Waals surface area contributed by atoms with Crippen LogP contribution in [0.4, 0.5) is 0 Å². The molecule has 0 aromatic carbocycles. The van der Waals surface area contributed by atoms with Crippen molar-refractivity contribution in [3.63, 3.8) is 0 Å². The largest absolute Gasteiger partial charge is 0.362 e. The first-order chi connectivity index (χ1) is 5.95. The average Bonchev–Trinajstić information content (AvgIpc) is 2.02. The summed E-state index contributed by atoms with van der Waals surface area (Å²) in [5.74, 6) is 0. The van der Waals surface area contributed by atoms with Gasteiger partial charge in [0.2, 0.25) is 0 Å². The summed E-state index contributed by atoms with van der Waals surface area (Å²) in [4.78, 5) is 0. The van der Waals surface area contributed by atoms with Crippen molar-refractivity contribution in [2.45, 2.75) is 33.9 Å². The van der Waals surface area contributed by atoms with Crippen LogP contribution in [0.25, 0.3) is 0 Å². The maximum atomic E-state index is 5.24. The van der Waals surface area contributed by atoms with Gasteiger partial charge in [-0.25, -0.2) is 0 Å². The molecule has 0 aromatic heterocycles. The summed E-state index contributed by atoms with van der Waals surface area (Å²) in [7, 11) is 1.71. The molecule has 1 N–H and O–H groups in total. The van der Waals surface area contributed by atoms with E-state index in [4.69, 9.17) is 4.74 Å². The highest BCUT2D eigenvalue weighted by Crippen LogP contribution is 2.29. The Bertz CT molecular complexity index is 245. The smallest absolute Gasteiger partial charge is 0.149 e. The van der Waals surface area contributed by atoms with Gasteiger partial charge in [0.15, 0.2) is 0 Å². The van der Waals surface area contributed by atoms with Gasteiger partial charge in [0, 0.05) is 13.3 Å². The molecule has 0 spiro atoms. The molecule has 1 aliphatic rings. The van der Waals surface area contributed by atoms with E-state index in [9.17, 15) is 0 Å². The summed E-state index contributed by atoms with van der Waals surface area (Å²) in [6.07, 6.45) is 4.29. The number of nitrogens with one attached hydrogen (secondary N) is 1. The molecule has 1 heterocycles. The van der Waals surface area contributed by atoms with E-state index in [2.05, 4.69) is 39.1 Å². The molecule has 2 heteroatoms. The topological polar surface area (TPSA) is 21.3 Å². The van der Waals surface area contributed by atoms with Crippen molar-refractivity contribution in [1.82, 2.24) is 5.32 Å². The second-order valence-corrected chi connectivity index (χ2v) is 4.52. The lowest BCUT2D eigenvalue weighted by molar-refractivity contribution is 0.113. The summed E-state index contributed by atoms with van der Waals surface area (Å²) in [6.45, 7) is 8.70. The molecule has 0 aliphatic carbocycles. The average molecular weight is 181 g/mol. The van der Waals surface area contributed by atoms with E-state index >= 15 is 0 Å². The zero-order valence-corrected chi connectivity index (χ0v) is 9.14. The van der Waals surface area contributed by atoms with Crippen molar-refractivity contribution in [2.75, 3.05) is 7.11 Å². The summed E-state index contributed by atoms with van der Waals surface area (Å²) in [6, 6.07) is 0. The van der Waals surface area contributed by atoms with E-state index in [0.717, 1.165) is 0 Å². The Morgan fingerprint density at radius 3 is 2.38 bits per heavy atom. The summed E-state index contributed by atoms with van der Waals surface area (Å²) < 4.78 is 5.24. The van der Waals surface area contributed by atoms with Crippen LogP contribution >= 0.6 is 0 Å². The molecule has 0 saturated carbocycles. The molecular formula is C11H19NO. The molecule has 0 fully saturated rings. The molecule has 0 saturated heterocycles. The van der Waals surface area contributed by atoms with E-state index in [1.165, 1.54) is 11.1 Å². The number of hydrogen-bond acceptors (Lipinski definition) is 2. The first kappa shape index (κ1) is 10.3. The Kier molecular flexibility index (Phi) is 2.81. The number of methoxy groups -OCH3 is 1. The van der Waals surface area contributed by atoms with Crippen molar-refractivity contribution < 1.29 is 4.74 Å². The molecule has 1 unspecified atom stereocenters. The lowest BCUT2D eigenvalue weighted by Gasteiger charge is -2.28. The standard InChI is InChI=1S/C11H19NO/c1-8-6-9(11(2,3)4)7-12-10(8)13-5/h6-7,10,12H,1-5H3. The highest BCUT2D eigenvalue weighted by atomic mass is 16.5. The molecule has 0 bridgehead atoms. The van der Waals surface area contributed by atoms with Crippen LogP contribution in [0.3, 0.4) is 0 Å². The minimum absolute atomic E-state index is 0.0473. The van der Waals surface area contributed by atoms with Crippen molar-refractivity contribution in [3.05, 3.63) is 23.4 Å². The lowest BCUT2D eigenvalue weighted by Crippen LogP contribution is -2.32. The highest BCUT2D eigenvalue weighted by molar-refractivity contribution is 5.32. The lowest BCUT2D eigenvalue weighted by atomic mass is 9.85. The van der Waals surface area contributed by atoms with Crippen LogP contribution in [0.2, 0.25) is 0 Å². The van der Waals surface area contributed by atoms with Crippen LogP contribution < -0.4 is 5.32 Å². The van der Waals surface area contributed by atoms with Crippen molar-refractivity contribution in [1.29, 1.82) is 0 Å². The Labute approximate surface area is 80.7 Å². The van der Waals surface area contributed by atoms with Gasteiger partial charge in [-0.3, -0.25) is 0 Å². The fraction of sp³-hybridized carbons (Fsp3) is 0.636. The number of ether oxygens (including phenoxy) is 1. The van der Waals surface area contributed by atoms with Crippen molar-refractivity contribution >= 4 is 0 Å². The number of dihydropyridines is 1. The fourth-order valence-corrected chi connectivity index (χ4v) is 1.35. The molecule has 74 valence electrons. The molecule has 1 aliphatic heterocycles. The van der Waals surface area contributed by atoms with Gasteiger partial charge in [-0.1, -0.05) is 26.8 Å². The summed E-state index contributed by atoms with van der Waals surface area (Å²) in [5.41, 5.74) is 2.75. The predicted molar refractivity (Wildman–Crippen MR) is 55.2 cm³/mol. The second-order valence-electron chi connectivity index (χ2n) is 4.52. The summed E-state index contributed by atoms with van der Waals surface area (Å²) in [5, 5.41) is 3.22. The Morgan fingerprint density at radius 2 is 2.00 bits per heavy atom. The zero-order valence-electron chi connectivity index (χ0n) is 9.14. The van der Waals surface area contributed by atoms with Gasteiger partial charge in [0.1, 0.15) is 6.23 Å². The molecule has 2 nitrogen and oxygen atoms in total. The van der Waals surface area contributed by atoms with Gasteiger partial charge in [0.25, 0.3) is 0 Å². The molecule has 0 radical (unpaired) electrons. The van der Waals surface area contributed by atoms with E-state index in [1.54, 1.807) is 7.11 Å². The predicted octanol–water partition coefficient (Wildman–Crippen LogP) is 2.44. The maximum absolute atomic E-state index is 5.24. The van der Waals surface area contributed by atoms with Gasteiger partial charge in [-0.05, 0) is 23.5 Å². The third-order valence-corrected chi connectivity index (χ3v) is 2.29. The van der Waals surface area contributed by atoms with E-state index < -0.39 is 0 Å².